The zero-order chi connectivity index (χ0) is 12.5. The molecule has 3 rings (SSSR count). The summed E-state index contributed by atoms with van der Waals surface area (Å²) in [6.45, 7) is 5.37. The molecule has 1 fully saturated rings. The second kappa shape index (κ2) is 6.02. The molecule has 1 saturated heterocycles. The summed E-state index contributed by atoms with van der Waals surface area (Å²) in [5.41, 5.74) is 1.28. The van der Waals surface area contributed by atoms with Gasteiger partial charge in [-0.15, -0.1) is 12.4 Å². The smallest absolute Gasteiger partial charge is 0.126 e. The summed E-state index contributed by atoms with van der Waals surface area (Å²) >= 11 is 0. The molecule has 106 valence electrons. The zero-order valence-corrected chi connectivity index (χ0v) is 12.2. The molecular formula is C15H22ClNO2. The fourth-order valence-corrected chi connectivity index (χ4v) is 3.41. The van der Waals surface area contributed by atoms with Crippen LogP contribution >= 0.6 is 12.4 Å². The van der Waals surface area contributed by atoms with Crippen LogP contribution in [0, 0.1) is 0 Å². The number of nitrogens with zero attached hydrogens (tertiary/aromatic N) is 1. The Labute approximate surface area is 121 Å². The Balaban J connectivity index is 0.00000133. The van der Waals surface area contributed by atoms with Crippen LogP contribution in [0.15, 0.2) is 18.2 Å². The van der Waals surface area contributed by atoms with Crippen molar-refractivity contribution in [2.75, 3.05) is 19.7 Å². The van der Waals surface area contributed by atoms with Gasteiger partial charge in [0.1, 0.15) is 18.1 Å². The molecule has 0 radical (unpaired) electrons. The number of halogens is 1. The Morgan fingerprint density at radius 1 is 1.42 bits per heavy atom. The minimum atomic E-state index is 0. The Bertz CT molecular complexity index is 436. The molecule has 4 heteroatoms. The third-order valence-corrected chi connectivity index (χ3v) is 4.21. The lowest BCUT2D eigenvalue weighted by Crippen LogP contribution is -2.49. The van der Waals surface area contributed by atoms with Crippen molar-refractivity contribution in [2.24, 2.45) is 0 Å². The minimum absolute atomic E-state index is 0. The Morgan fingerprint density at radius 2 is 2.26 bits per heavy atom. The van der Waals surface area contributed by atoms with E-state index >= 15 is 0 Å². The number of piperidine rings is 1. The number of fused-ring (bicyclic) bond motifs is 3. The van der Waals surface area contributed by atoms with E-state index in [9.17, 15) is 5.11 Å². The van der Waals surface area contributed by atoms with Crippen LogP contribution in [0.2, 0.25) is 0 Å². The maximum atomic E-state index is 9.53. The number of rotatable bonds is 2. The quantitative estimate of drug-likeness (QED) is 0.905. The first-order chi connectivity index (χ1) is 8.79. The summed E-state index contributed by atoms with van der Waals surface area (Å²) in [5, 5.41) is 9.53. The van der Waals surface area contributed by atoms with E-state index in [-0.39, 0.29) is 12.4 Å². The predicted molar refractivity (Wildman–Crippen MR) is 78.5 cm³/mol. The average Bonchev–Trinajstić information content (AvgIpc) is 2.38. The maximum Gasteiger partial charge on any atom is 0.126 e. The van der Waals surface area contributed by atoms with Gasteiger partial charge >= 0.3 is 0 Å². The standard InChI is InChI=1S/C15H21NO2.ClH/c1-2-7-16-8-3-4-12-13-6-5-11(17)9-15(13)18-10-14(12)16;/h5-6,9,12,14,17H,2-4,7-8,10H2,1H3;1H/t12-,14-;/m1./s1. The number of phenols is 1. The molecule has 0 unspecified atom stereocenters. The fraction of sp³-hybridized carbons (Fsp3) is 0.600. The van der Waals surface area contributed by atoms with E-state index in [2.05, 4.69) is 11.8 Å². The third-order valence-electron chi connectivity index (χ3n) is 4.21. The molecule has 0 bridgehead atoms. The summed E-state index contributed by atoms with van der Waals surface area (Å²) in [6.07, 6.45) is 3.71. The summed E-state index contributed by atoms with van der Waals surface area (Å²) in [4.78, 5) is 2.57. The van der Waals surface area contributed by atoms with Crippen LogP contribution in [0.5, 0.6) is 11.5 Å². The second-order valence-electron chi connectivity index (χ2n) is 5.39. The van der Waals surface area contributed by atoms with Crippen LogP contribution in [-0.2, 0) is 0 Å². The van der Waals surface area contributed by atoms with Crippen LogP contribution < -0.4 is 4.74 Å². The van der Waals surface area contributed by atoms with E-state index in [1.807, 2.05) is 6.07 Å². The third kappa shape index (κ3) is 2.67. The van der Waals surface area contributed by atoms with Gasteiger partial charge < -0.3 is 9.84 Å². The SMILES string of the molecule is CCCN1CCC[C@@H]2c3ccc(O)cc3OC[C@H]21.Cl. The predicted octanol–water partition coefficient (Wildman–Crippen LogP) is 3.16. The Kier molecular flexibility index (Phi) is 4.58. The minimum Gasteiger partial charge on any atom is -0.508 e. The number of phenolic OH excluding ortho intramolecular Hbond substituents is 1. The van der Waals surface area contributed by atoms with Crippen molar-refractivity contribution < 1.29 is 9.84 Å². The monoisotopic (exact) mass is 283 g/mol. The normalized spacial score (nSPS) is 25.7. The molecule has 2 aliphatic heterocycles. The van der Waals surface area contributed by atoms with Gasteiger partial charge in [0.2, 0.25) is 0 Å². The molecular weight excluding hydrogens is 262 g/mol. The summed E-state index contributed by atoms with van der Waals surface area (Å²) in [5.74, 6) is 1.76. The van der Waals surface area contributed by atoms with E-state index in [0.717, 1.165) is 18.9 Å². The summed E-state index contributed by atoms with van der Waals surface area (Å²) in [6, 6.07) is 6.10. The van der Waals surface area contributed by atoms with Crippen molar-refractivity contribution in [3.8, 4) is 11.5 Å². The second-order valence-corrected chi connectivity index (χ2v) is 5.39. The largest absolute Gasteiger partial charge is 0.508 e. The molecule has 1 aromatic rings. The first kappa shape index (κ1) is 14.5. The van der Waals surface area contributed by atoms with Crippen LogP contribution in [0.3, 0.4) is 0 Å². The van der Waals surface area contributed by atoms with Crippen molar-refractivity contribution in [1.29, 1.82) is 0 Å². The molecule has 2 atom stereocenters. The number of likely N-dealkylation sites (tertiary alicyclic amines) is 1. The van der Waals surface area contributed by atoms with Crippen molar-refractivity contribution in [1.82, 2.24) is 4.90 Å². The van der Waals surface area contributed by atoms with Gasteiger partial charge in [0.05, 0.1) is 6.04 Å². The zero-order valence-electron chi connectivity index (χ0n) is 11.3. The molecule has 0 aliphatic carbocycles. The highest BCUT2D eigenvalue weighted by Gasteiger charge is 2.37. The molecule has 1 aromatic carbocycles. The molecule has 2 heterocycles. The maximum absolute atomic E-state index is 9.53. The van der Waals surface area contributed by atoms with Gasteiger partial charge in [0.25, 0.3) is 0 Å². The molecule has 2 aliphatic rings. The van der Waals surface area contributed by atoms with Crippen molar-refractivity contribution in [3.63, 3.8) is 0 Å². The molecule has 0 saturated carbocycles. The molecule has 0 aromatic heterocycles. The lowest BCUT2D eigenvalue weighted by atomic mass is 9.81. The molecule has 0 spiro atoms. The van der Waals surface area contributed by atoms with Crippen molar-refractivity contribution in [3.05, 3.63) is 23.8 Å². The first-order valence-electron chi connectivity index (χ1n) is 6.99. The van der Waals surface area contributed by atoms with Crippen molar-refractivity contribution in [2.45, 2.75) is 38.1 Å². The topological polar surface area (TPSA) is 32.7 Å². The van der Waals surface area contributed by atoms with Gasteiger partial charge in [0, 0.05) is 12.0 Å². The highest BCUT2D eigenvalue weighted by molar-refractivity contribution is 5.85. The number of aromatic hydroxyl groups is 1. The molecule has 19 heavy (non-hydrogen) atoms. The van der Waals surface area contributed by atoms with Gasteiger partial charge in [-0.05, 0) is 44.0 Å². The Morgan fingerprint density at radius 3 is 3.05 bits per heavy atom. The first-order valence-corrected chi connectivity index (χ1v) is 6.99. The van der Waals surface area contributed by atoms with Gasteiger partial charge in [-0.3, -0.25) is 4.90 Å². The van der Waals surface area contributed by atoms with E-state index in [4.69, 9.17) is 4.74 Å². The molecule has 0 amide bonds. The van der Waals surface area contributed by atoms with Crippen LogP contribution in [0.1, 0.15) is 37.7 Å². The van der Waals surface area contributed by atoms with Crippen LogP contribution in [-0.4, -0.2) is 35.7 Å². The number of hydrogen-bond acceptors (Lipinski definition) is 3. The van der Waals surface area contributed by atoms with E-state index in [1.165, 1.54) is 31.4 Å². The number of ether oxygens (including phenoxy) is 1. The van der Waals surface area contributed by atoms with Crippen LogP contribution in [0.4, 0.5) is 0 Å². The van der Waals surface area contributed by atoms with Crippen LogP contribution in [0.25, 0.3) is 0 Å². The highest BCUT2D eigenvalue weighted by atomic mass is 35.5. The lowest BCUT2D eigenvalue weighted by Gasteiger charge is -2.44. The van der Waals surface area contributed by atoms with Gasteiger partial charge in [-0.25, -0.2) is 0 Å². The van der Waals surface area contributed by atoms with E-state index in [1.54, 1.807) is 12.1 Å². The fourth-order valence-electron chi connectivity index (χ4n) is 3.41. The average molecular weight is 284 g/mol. The lowest BCUT2D eigenvalue weighted by molar-refractivity contribution is 0.0658. The van der Waals surface area contributed by atoms with E-state index in [0.29, 0.717) is 17.7 Å². The number of hydrogen-bond donors (Lipinski definition) is 1. The highest BCUT2D eigenvalue weighted by Crippen LogP contribution is 2.42. The molecule has 3 nitrogen and oxygen atoms in total. The van der Waals surface area contributed by atoms with Gasteiger partial charge in [-0.1, -0.05) is 13.0 Å². The molecule has 1 N–H and O–H groups in total. The number of benzene rings is 1. The van der Waals surface area contributed by atoms with E-state index < -0.39 is 0 Å². The van der Waals surface area contributed by atoms with Gasteiger partial charge in [-0.2, -0.15) is 0 Å². The Hall–Kier alpha value is -0.930. The summed E-state index contributed by atoms with van der Waals surface area (Å²) in [7, 11) is 0. The van der Waals surface area contributed by atoms with Crippen molar-refractivity contribution >= 4 is 12.4 Å². The summed E-state index contributed by atoms with van der Waals surface area (Å²) < 4.78 is 5.85. The van der Waals surface area contributed by atoms with Gasteiger partial charge in [0.15, 0.2) is 0 Å².